The molecule has 1 aliphatic rings. The van der Waals surface area contributed by atoms with Crippen LogP contribution in [0, 0.1) is 6.92 Å². The van der Waals surface area contributed by atoms with Crippen molar-refractivity contribution in [3.8, 4) is 11.5 Å². The Labute approximate surface area is 119 Å². The molecule has 0 fully saturated rings. The van der Waals surface area contributed by atoms with E-state index in [1.165, 1.54) is 10.0 Å². The molecule has 0 aromatic heterocycles. The number of phenols is 1. The van der Waals surface area contributed by atoms with Crippen LogP contribution < -0.4 is 9.20 Å². The Bertz CT molecular complexity index is 581. The van der Waals surface area contributed by atoms with Crippen LogP contribution in [-0.2, 0) is 6.42 Å². The fourth-order valence-corrected chi connectivity index (χ4v) is 4.23. The van der Waals surface area contributed by atoms with Gasteiger partial charge in [-0.3, -0.25) is 0 Å². The molecule has 2 aromatic carbocycles. The summed E-state index contributed by atoms with van der Waals surface area (Å²) in [6.07, 6.45) is 1.22. The topological polar surface area (TPSA) is 29.5 Å². The molecule has 0 saturated carbocycles. The van der Waals surface area contributed by atoms with E-state index in [0.717, 1.165) is 23.1 Å². The Morgan fingerprint density at radius 3 is 2.79 bits per heavy atom. The molecule has 1 heterocycles. The van der Waals surface area contributed by atoms with Gasteiger partial charge in [0, 0.05) is 0 Å². The Morgan fingerprint density at radius 1 is 1.21 bits per heavy atom. The Balaban J connectivity index is 1.66. The molecule has 0 spiro atoms. The molecule has 2 nitrogen and oxygen atoms in total. The van der Waals surface area contributed by atoms with Crippen LogP contribution in [0.2, 0.25) is 5.32 Å². The zero-order chi connectivity index (χ0) is 13.2. The van der Waals surface area contributed by atoms with E-state index >= 15 is 0 Å². The van der Waals surface area contributed by atoms with Crippen LogP contribution in [0.15, 0.2) is 42.5 Å². The van der Waals surface area contributed by atoms with Crippen molar-refractivity contribution in [3.05, 3.63) is 53.6 Å². The van der Waals surface area contributed by atoms with Gasteiger partial charge in [-0.15, -0.1) is 0 Å². The molecule has 0 bridgehead atoms. The monoisotopic (exact) mass is 320 g/mol. The van der Waals surface area contributed by atoms with Crippen molar-refractivity contribution >= 4 is 19.4 Å². The van der Waals surface area contributed by atoms with E-state index in [9.17, 15) is 5.11 Å². The van der Waals surface area contributed by atoms with Crippen LogP contribution in [0.3, 0.4) is 0 Å². The summed E-state index contributed by atoms with van der Waals surface area (Å²) in [7, 11) is 0. The summed E-state index contributed by atoms with van der Waals surface area (Å²) in [6.45, 7) is 1.92. The minimum atomic E-state index is 0.260. The molecule has 1 atom stereocenters. The second-order valence-electron chi connectivity index (χ2n) is 4.77. The molecule has 1 unspecified atom stereocenters. The molecule has 2 aromatic rings. The van der Waals surface area contributed by atoms with Crippen LogP contribution in [-0.4, -0.2) is 26.2 Å². The van der Waals surface area contributed by atoms with Crippen LogP contribution in [0.5, 0.6) is 11.5 Å². The quantitative estimate of drug-likeness (QED) is 0.881. The number of aromatic hydroxyl groups is 1. The van der Waals surface area contributed by atoms with Crippen molar-refractivity contribution in [3.63, 3.8) is 0 Å². The number of fused-ring (bicyclic) bond motifs is 1. The molecule has 3 rings (SSSR count). The van der Waals surface area contributed by atoms with E-state index in [1.54, 1.807) is 6.07 Å². The third-order valence-corrected chi connectivity index (χ3v) is 5.77. The van der Waals surface area contributed by atoms with Crippen molar-refractivity contribution < 1.29 is 9.84 Å². The van der Waals surface area contributed by atoms with E-state index in [1.807, 2.05) is 19.1 Å². The van der Waals surface area contributed by atoms with E-state index in [-0.39, 0.29) is 6.10 Å². The molecule has 0 aliphatic carbocycles. The van der Waals surface area contributed by atoms with Crippen molar-refractivity contribution in [1.29, 1.82) is 0 Å². The van der Waals surface area contributed by atoms with Gasteiger partial charge in [-0.2, -0.15) is 0 Å². The van der Waals surface area contributed by atoms with Gasteiger partial charge in [0.25, 0.3) is 0 Å². The summed E-state index contributed by atoms with van der Waals surface area (Å²) in [5.41, 5.74) is 2.09. The van der Waals surface area contributed by atoms with Gasteiger partial charge < -0.3 is 0 Å². The minimum absolute atomic E-state index is 0.260. The molecule has 3 heteroatoms. The molecule has 1 N–H and O–H groups in total. The first kappa shape index (κ1) is 12.6. The van der Waals surface area contributed by atoms with E-state index in [4.69, 9.17) is 4.74 Å². The standard InChI is InChI=1S/C16H16O2Se/c1-11-15(17)8-7-12-9-13(18-16(11)12)10-19-14-5-3-2-4-6-14/h2-8,13,17H,9-10H2,1H3. The second kappa shape index (κ2) is 5.28. The first-order valence-electron chi connectivity index (χ1n) is 6.40. The summed E-state index contributed by atoms with van der Waals surface area (Å²) < 4.78 is 7.41. The van der Waals surface area contributed by atoms with Crippen LogP contribution in [0.25, 0.3) is 0 Å². The fraction of sp³-hybridized carbons (Fsp3) is 0.250. The SMILES string of the molecule is Cc1c(O)ccc2c1OC(C[Se]c1ccccc1)C2. The van der Waals surface area contributed by atoms with Crippen molar-refractivity contribution in [1.82, 2.24) is 0 Å². The van der Waals surface area contributed by atoms with Crippen molar-refractivity contribution in [2.45, 2.75) is 24.8 Å². The van der Waals surface area contributed by atoms with E-state index in [2.05, 4.69) is 24.3 Å². The van der Waals surface area contributed by atoms with Gasteiger partial charge in [0.1, 0.15) is 0 Å². The number of benzene rings is 2. The Kier molecular flexibility index (Phi) is 3.50. The summed E-state index contributed by atoms with van der Waals surface area (Å²) in [5.74, 6) is 1.22. The zero-order valence-corrected chi connectivity index (χ0v) is 12.5. The molecular weight excluding hydrogens is 303 g/mol. The van der Waals surface area contributed by atoms with Crippen molar-refractivity contribution in [2.24, 2.45) is 0 Å². The second-order valence-corrected chi connectivity index (χ2v) is 7.06. The molecule has 98 valence electrons. The van der Waals surface area contributed by atoms with Gasteiger partial charge in [-0.1, -0.05) is 0 Å². The molecule has 19 heavy (non-hydrogen) atoms. The summed E-state index contributed by atoms with van der Waals surface area (Å²) >= 11 is 0.448. The van der Waals surface area contributed by atoms with E-state index in [0.29, 0.717) is 20.7 Å². The number of hydrogen-bond donors (Lipinski definition) is 1. The van der Waals surface area contributed by atoms with Gasteiger partial charge in [-0.05, 0) is 0 Å². The predicted octanol–water partition coefficient (Wildman–Crippen LogP) is 2.45. The van der Waals surface area contributed by atoms with Gasteiger partial charge >= 0.3 is 119 Å². The van der Waals surface area contributed by atoms with Crippen LogP contribution in [0.1, 0.15) is 11.1 Å². The fourth-order valence-electron chi connectivity index (χ4n) is 2.31. The molecule has 0 saturated heterocycles. The van der Waals surface area contributed by atoms with E-state index < -0.39 is 0 Å². The van der Waals surface area contributed by atoms with Gasteiger partial charge in [0.2, 0.25) is 0 Å². The van der Waals surface area contributed by atoms with Crippen molar-refractivity contribution in [2.75, 3.05) is 0 Å². The Hall–Kier alpha value is -1.44. The third-order valence-electron chi connectivity index (χ3n) is 3.37. The van der Waals surface area contributed by atoms with Gasteiger partial charge in [-0.25, -0.2) is 0 Å². The molecule has 1 aliphatic heterocycles. The average molecular weight is 319 g/mol. The third kappa shape index (κ3) is 2.63. The molecular formula is C16H16O2Se. The number of rotatable bonds is 3. The van der Waals surface area contributed by atoms with Gasteiger partial charge in [0.15, 0.2) is 0 Å². The van der Waals surface area contributed by atoms with Crippen LogP contribution >= 0.6 is 0 Å². The number of hydrogen-bond acceptors (Lipinski definition) is 2. The number of phenolic OH excluding ortho intramolecular Hbond substituents is 1. The predicted molar refractivity (Wildman–Crippen MR) is 77.6 cm³/mol. The normalized spacial score (nSPS) is 17.0. The molecule has 0 amide bonds. The average Bonchev–Trinajstić information content (AvgIpc) is 2.86. The first-order valence-corrected chi connectivity index (χ1v) is 8.47. The summed E-state index contributed by atoms with van der Waals surface area (Å²) in [6, 6.07) is 14.3. The van der Waals surface area contributed by atoms with Gasteiger partial charge in [0.05, 0.1) is 0 Å². The summed E-state index contributed by atoms with van der Waals surface area (Å²) in [4.78, 5) is 0. The maximum absolute atomic E-state index is 9.70. The Morgan fingerprint density at radius 2 is 2.00 bits per heavy atom. The van der Waals surface area contributed by atoms with Crippen LogP contribution in [0.4, 0.5) is 0 Å². The molecule has 0 radical (unpaired) electrons. The first-order chi connectivity index (χ1) is 9.24. The summed E-state index contributed by atoms with van der Waals surface area (Å²) in [5, 5.41) is 10.8. The zero-order valence-electron chi connectivity index (χ0n) is 10.8. The number of ether oxygens (including phenoxy) is 1. The maximum atomic E-state index is 9.70.